The Kier molecular flexibility index (Phi) is 6.18. The van der Waals surface area contributed by atoms with Gasteiger partial charge in [0.05, 0.1) is 26.5 Å². The summed E-state index contributed by atoms with van der Waals surface area (Å²) >= 11 is 21.1. The highest BCUT2D eigenvalue weighted by Gasteiger charge is 2.30. The van der Waals surface area contributed by atoms with E-state index in [9.17, 15) is 4.79 Å². The number of benzene rings is 1. The van der Waals surface area contributed by atoms with Crippen molar-refractivity contribution in [3.8, 4) is 0 Å². The Morgan fingerprint density at radius 2 is 2.00 bits per heavy atom. The number of carbonyl (C=O) groups excluding carboxylic acids is 1. The number of aromatic nitrogens is 3. The number of anilines is 1. The van der Waals surface area contributed by atoms with Gasteiger partial charge in [-0.25, -0.2) is 0 Å². The summed E-state index contributed by atoms with van der Waals surface area (Å²) in [5.41, 5.74) is 0.434. The second-order valence-corrected chi connectivity index (χ2v) is 9.54. The molecule has 0 bridgehead atoms. The van der Waals surface area contributed by atoms with Gasteiger partial charge in [-0.1, -0.05) is 52.6 Å². The zero-order chi connectivity index (χ0) is 19.7. The smallest absolute Gasteiger partial charge is 0.234 e. The molecule has 146 valence electrons. The topological polar surface area (TPSA) is 59.8 Å². The summed E-state index contributed by atoms with van der Waals surface area (Å²) in [6, 6.07) is 7.61. The molecule has 0 radical (unpaired) electrons. The lowest BCUT2D eigenvalue weighted by Gasteiger charge is -2.10. The average Bonchev–Trinajstić information content (AvgIpc) is 3.21. The molecule has 4 rings (SSSR count). The van der Waals surface area contributed by atoms with Gasteiger partial charge in [-0.3, -0.25) is 4.79 Å². The third kappa shape index (κ3) is 4.66. The number of thioether (sulfide) groups is 1. The van der Waals surface area contributed by atoms with E-state index in [0.29, 0.717) is 26.8 Å². The molecule has 2 heterocycles. The first-order valence-corrected chi connectivity index (χ1v) is 11.5. The molecule has 10 heteroatoms. The summed E-state index contributed by atoms with van der Waals surface area (Å²) in [4.78, 5) is 13.6. The number of carbonyl (C=O) groups is 1. The fourth-order valence-corrected chi connectivity index (χ4v) is 4.85. The Morgan fingerprint density at radius 3 is 2.71 bits per heavy atom. The Morgan fingerprint density at radius 1 is 1.21 bits per heavy atom. The number of hydrogen-bond donors (Lipinski definition) is 1. The first-order chi connectivity index (χ1) is 13.5. The van der Waals surface area contributed by atoms with Crippen molar-refractivity contribution in [2.24, 2.45) is 0 Å². The van der Waals surface area contributed by atoms with E-state index in [1.165, 1.54) is 22.7 Å². The Bertz CT molecular complexity index is 1000. The molecule has 2 aromatic heterocycles. The highest BCUT2D eigenvalue weighted by atomic mass is 35.5. The first kappa shape index (κ1) is 20.0. The number of rotatable bonds is 7. The Balaban J connectivity index is 1.43. The number of nitrogens with zero attached hydrogens (tertiary/aromatic N) is 3. The van der Waals surface area contributed by atoms with Gasteiger partial charge < -0.3 is 9.88 Å². The number of hydrogen-bond acceptors (Lipinski definition) is 5. The number of halogens is 3. The van der Waals surface area contributed by atoms with Crippen molar-refractivity contribution < 1.29 is 4.79 Å². The largest absolute Gasteiger partial charge is 0.324 e. The van der Waals surface area contributed by atoms with Crippen LogP contribution >= 0.6 is 57.9 Å². The van der Waals surface area contributed by atoms with Crippen molar-refractivity contribution in [3.63, 3.8) is 0 Å². The van der Waals surface area contributed by atoms with Gasteiger partial charge in [0.25, 0.3) is 0 Å². The minimum absolute atomic E-state index is 0.195. The van der Waals surface area contributed by atoms with Crippen LogP contribution in [0.1, 0.15) is 29.6 Å². The van der Waals surface area contributed by atoms with Crippen LogP contribution in [0.4, 0.5) is 5.69 Å². The van der Waals surface area contributed by atoms with Crippen LogP contribution in [0.2, 0.25) is 15.1 Å². The molecule has 1 aliphatic carbocycles. The van der Waals surface area contributed by atoms with Crippen molar-refractivity contribution in [1.29, 1.82) is 0 Å². The van der Waals surface area contributed by atoms with Crippen molar-refractivity contribution in [2.75, 3.05) is 11.1 Å². The lowest BCUT2D eigenvalue weighted by atomic mass is 10.3. The molecule has 1 N–H and O–H groups in total. The molecule has 28 heavy (non-hydrogen) atoms. The van der Waals surface area contributed by atoms with Crippen molar-refractivity contribution >= 4 is 69.5 Å². The molecule has 1 aromatic carbocycles. The van der Waals surface area contributed by atoms with E-state index in [0.717, 1.165) is 30.2 Å². The predicted octanol–water partition coefficient (Wildman–Crippen LogP) is 5.96. The standard InChI is InChI=1S/C18H15Cl3N4OS2/c19-12-7-14(21)15(8-13(12)20)22-17(26)9-28-18-24-23-16(25(18)10-3-4-10)6-11-2-1-5-27-11/h1-2,5,7-8,10H,3-4,6,9H2,(H,22,26). The summed E-state index contributed by atoms with van der Waals surface area (Å²) in [6.07, 6.45) is 3.00. The zero-order valence-electron chi connectivity index (χ0n) is 14.5. The van der Waals surface area contributed by atoms with E-state index in [1.54, 1.807) is 17.4 Å². The van der Waals surface area contributed by atoms with Crippen LogP contribution in [0, 0.1) is 0 Å². The number of thiophene rings is 1. The summed E-state index contributed by atoms with van der Waals surface area (Å²) in [5, 5.41) is 15.3. The molecular weight excluding hydrogens is 459 g/mol. The molecule has 1 amide bonds. The fourth-order valence-electron chi connectivity index (χ4n) is 2.73. The van der Waals surface area contributed by atoms with E-state index in [-0.39, 0.29) is 11.7 Å². The number of amides is 1. The van der Waals surface area contributed by atoms with E-state index >= 15 is 0 Å². The summed E-state index contributed by atoms with van der Waals surface area (Å²) in [5.74, 6) is 0.941. The van der Waals surface area contributed by atoms with Gasteiger partial charge in [-0.2, -0.15) is 0 Å². The van der Waals surface area contributed by atoms with Crippen LogP contribution < -0.4 is 5.32 Å². The molecule has 0 spiro atoms. The second kappa shape index (κ2) is 8.63. The molecule has 5 nitrogen and oxygen atoms in total. The monoisotopic (exact) mass is 472 g/mol. The molecular formula is C18H15Cl3N4OS2. The third-order valence-corrected chi connectivity index (χ3v) is 7.03. The zero-order valence-corrected chi connectivity index (χ0v) is 18.4. The molecule has 0 unspecified atom stereocenters. The van der Waals surface area contributed by atoms with Crippen LogP contribution in [-0.4, -0.2) is 26.4 Å². The molecule has 1 saturated carbocycles. The van der Waals surface area contributed by atoms with Crippen LogP contribution in [-0.2, 0) is 11.2 Å². The van der Waals surface area contributed by atoms with Gasteiger partial charge >= 0.3 is 0 Å². The molecule has 0 saturated heterocycles. The Hall–Kier alpha value is -1.25. The van der Waals surface area contributed by atoms with Gasteiger partial charge in [-0.05, 0) is 36.4 Å². The maximum absolute atomic E-state index is 12.4. The van der Waals surface area contributed by atoms with E-state index in [2.05, 4.69) is 31.5 Å². The van der Waals surface area contributed by atoms with Gasteiger partial charge in [0.1, 0.15) is 5.82 Å². The van der Waals surface area contributed by atoms with Crippen molar-refractivity contribution in [2.45, 2.75) is 30.5 Å². The lowest BCUT2D eigenvalue weighted by Crippen LogP contribution is -2.15. The lowest BCUT2D eigenvalue weighted by molar-refractivity contribution is -0.113. The summed E-state index contributed by atoms with van der Waals surface area (Å²) in [7, 11) is 0. The molecule has 3 aromatic rings. The first-order valence-electron chi connectivity index (χ1n) is 8.54. The molecule has 1 aliphatic rings. The second-order valence-electron chi connectivity index (χ2n) is 6.34. The van der Waals surface area contributed by atoms with Crippen molar-refractivity contribution in [3.05, 3.63) is 55.4 Å². The van der Waals surface area contributed by atoms with Gasteiger partial charge in [-0.15, -0.1) is 21.5 Å². The van der Waals surface area contributed by atoms with Crippen LogP contribution in [0.15, 0.2) is 34.8 Å². The normalized spacial score (nSPS) is 13.7. The van der Waals surface area contributed by atoms with E-state index < -0.39 is 0 Å². The molecule has 0 aliphatic heterocycles. The molecule has 1 fully saturated rings. The third-order valence-electron chi connectivity index (χ3n) is 4.18. The predicted molar refractivity (Wildman–Crippen MR) is 116 cm³/mol. The quantitative estimate of drug-likeness (QED) is 0.340. The van der Waals surface area contributed by atoms with Crippen LogP contribution in [0.3, 0.4) is 0 Å². The van der Waals surface area contributed by atoms with E-state index in [4.69, 9.17) is 34.8 Å². The van der Waals surface area contributed by atoms with Gasteiger partial charge in [0.15, 0.2) is 5.16 Å². The SMILES string of the molecule is O=C(CSc1nnc(Cc2cccs2)n1C1CC1)Nc1cc(Cl)c(Cl)cc1Cl. The van der Waals surface area contributed by atoms with Gasteiger partial charge in [0.2, 0.25) is 5.91 Å². The minimum atomic E-state index is -0.199. The van der Waals surface area contributed by atoms with Crippen molar-refractivity contribution in [1.82, 2.24) is 14.8 Å². The van der Waals surface area contributed by atoms with Crippen LogP contribution in [0.5, 0.6) is 0 Å². The fraction of sp³-hybridized carbons (Fsp3) is 0.278. The van der Waals surface area contributed by atoms with Crippen LogP contribution in [0.25, 0.3) is 0 Å². The highest BCUT2D eigenvalue weighted by Crippen LogP contribution is 2.39. The molecule has 0 atom stereocenters. The minimum Gasteiger partial charge on any atom is -0.324 e. The maximum atomic E-state index is 12.4. The number of nitrogens with one attached hydrogen (secondary N) is 1. The average molecular weight is 474 g/mol. The van der Waals surface area contributed by atoms with E-state index in [1.807, 2.05) is 6.07 Å². The van der Waals surface area contributed by atoms with Gasteiger partial charge in [0, 0.05) is 17.3 Å². The Labute approximate surface area is 185 Å². The summed E-state index contributed by atoms with van der Waals surface area (Å²) < 4.78 is 2.17. The summed E-state index contributed by atoms with van der Waals surface area (Å²) in [6.45, 7) is 0. The highest BCUT2D eigenvalue weighted by molar-refractivity contribution is 7.99. The maximum Gasteiger partial charge on any atom is 0.234 e.